The molecule has 0 unspecified atom stereocenters. The Bertz CT molecular complexity index is 4420. The lowest BCUT2D eigenvalue weighted by Gasteiger charge is -2.28. The summed E-state index contributed by atoms with van der Waals surface area (Å²) in [6.45, 7) is 4.72. The quantitative estimate of drug-likeness (QED) is 0.148. The van der Waals surface area contributed by atoms with E-state index in [9.17, 15) is 0 Å². The zero-order chi connectivity index (χ0) is 50.5. The molecule has 0 fully saturated rings. The van der Waals surface area contributed by atoms with Crippen LogP contribution in [-0.2, 0) is 5.41 Å². The van der Waals surface area contributed by atoms with Gasteiger partial charge >= 0.3 is 0 Å². The predicted octanol–water partition coefficient (Wildman–Crippen LogP) is 19.8. The molecule has 0 atom stereocenters. The van der Waals surface area contributed by atoms with Crippen molar-refractivity contribution in [2.45, 2.75) is 19.3 Å². The average Bonchev–Trinajstić information content (AvgIpc) is 4.16. The molecule has 0 bridgehead atoms. The first-order valence-corrected chi connectivity index (χ1v) is 26.4. The molecule has 76 heavy (non-hydrogen) atoms. The van der Waals surface area contributed by atoms with Gasteiger partial charge in [0.05, 0.1) is 22.1 Å². The molecule has 0 radical (unpaired) electrons. The zero-order valence-electron chi connectivity index (χ0n) is 42.3. The number of benzene rings is 12. The van der Waals surface area contributed by atoms with Gasteiger partial charge in [0.15, 0.2) is 0 Å². The van der Waals surface area contributed by atoms with E-state index in [2.05, 4.69) is 301 Å². The number of aromatic nitrogens is 2. The first kappa shape index (κ1) is 43.8. The van der Waals surface area contributed by atoms with Gasteiger partial charge in [-0.15, -0.1) is 0 Å². The van der Waals surface area contributed by atoms with Gasteiger partial charge in [0.25, 0.3) is 0 Å². The van der Waals surface area contributed by atoms with Crippen LogP contribution in [0.5, 0.6) is 0 Å². The van der Waals surface area contributed by atoms with Gasteiger partial charge in [0.2, 0.25) is 0 Å². The Kier molecular flexibility index (Phi) is 9.92. The van der Waals surface area contributed by atoms with Gasteiger partial charge in [0.1, 0.15) is 0 Å². The Morgan fingerprint density at radius 2 is 0.724 bits per heavy atom. The lowest BCUT2D eigenvalue weighted by atomic mass is 9.82. The molecule has 0 aliphatic heterocycles. The Labute approximate surface area is 442 Å². The van der Waals surface area contributed by atoms with Crippen molar-refractivity contribution < 1.29 is 0 Å². The normalized spacial score (nSPS) is 12.7. The molecule has 2 aromatic heterocycles. The van der Waals surface area contributed by atoms with Crippen LogP contribution < -0.4 is 4.90 Å². The molecular weight excluding hydrogens is 919 g/mol. The van der Waals surface area contributed by atoms with Gasteiger partial charge in [-0.3, -0.25) is 0 Å². The highest BCUT2D eigenvalue weighted by Gasteiger charge is 2.36. The summed E-state index contributed by atoms with van der Waals surface area (Å²) in [5.74, 6) is 0. The van der Waals surface area contributed by atoms with Crippen LogP contribution in [-0.4, -0.2) is 9.13 Å². The number of para-hydroxylation sites is 4. The molecule has 3 heteroatoms. The number of anilines is 3. The summed E-state index contributed by atoms with van der Waals surface area (Å²) in [4.78, 5) is 2.43. The topological polar surface area (TPSA) is 13.1 Å². The van der Waals surface area contributed by atoms with Crippen LogP contribution in [0.25, 0.3) is 110 Å². The summed E-state index contributed by atoms with van der Waals surface area (Å²) >= 11 is 0. The van der Waals surface area contributed by atoms with Crippen LogP contribution in [0.3, 0.4) is 0 Å². The zero-order valence-corrected chi connectivity index (χ0v) is 42.3. The van der Waals surface area contributed by atoms with E-state index in [0.717, 1.165) is 39.6 Å². The van der Waals surface area contributed by atoms with Crippen LogP contribution in [0.2, 0.25) is 0 Å². The molecule has 0 saturated heterocycles. The van der Waals surface area contributed by atoms with Gasteiger partial charge in [-0.1, -0.05) is 172 Å². The van der Waals surface area contributed by atoms with E-state index in [-0.39, 0.29) is 5.41 Å². The summed E-state index contributed by atoms with van der Waals surface area (Å²) in [6, 6.07) is 101. The number of hydrogen-bond donors (Lipinski definition) is 0. The summed E-state index contributed by atoms with van der Waals surface area (Å²) < 4.78 is 4.78. The minimum atomic E-state index is -0.128. The molecule has 15 rings (SSSR count). The minimum Gasteiger partial charge on any atom is -0.310 e. The van der Waals surface area contributed by atoms with E-state index in [1.54, 1.807) is 0 Å². The maximum Gasteiger partial charge on any atom is 0.0541 e. The third kappa shape index (κ3) is 6.97. The van der Waals surface area contributed by atoms with Crippen molar-refractivity contribution in [2.24, 2.45) is 0 Å². The average molecular weight is 970 g/mol. The molecule has 1 aliphatic carbocycles. The van der Waals surface area contributed by atoms with E-state index >= 15 is 0 Å². The van der Waals surface area contributed by atoms with Crippen LogP contribution in [0.1, 0.15) is 25.0 Å². The maximum absolute atomic E-state index is 2.43. The molecule has 0 spiro atoms. The summed E-state index contributed by atoms with van der Waals surface area (Å²) in [5.41, 5.74) is 22.7. The summed E-state index contributed by atoms with van der Waals surface area (Å²) in [7, 11) is 0. The Morgan fingerprint density at radius 1 is 0.276 bits per heavy atom. The standard InChI is InChI=1S/C73H51N3/c1-73(2)67-26-14-11-23-61(67)62-38-37-60(47-68(62)73)74(59-36-31-48-17-9-10-18-50(48)44-59)58-34-29-49(30-35-58)53-41-54(51-32-39-71-65(45-51)63-24-12-15-27-69(63)75(71)56-19-5-3-6-20-56)43-55(42-53)52-33-40-72-66(46-52)64-25-13-16-28-70(64)76(72)57-21-7-4-8-22-57/h3-47H,1-2H3. The van der Waals surface area contributed by atoms with E-state index in [0.29, 0.717) is 0 Å². The highest BCUT2D eigenvalue weighted by molar-refractivity contribution is 6.12. The molecule has 0 saturated carbocycles. The van der Waals surface area contributed by atoms with Gasteiger partial charge in [-0.2, -0.15) is 0 Å². The van der Waals surface area contributed by atoms with E-state index in [4.69, 9.17) is 0 Å². The van der Waals surface area contributed by atoms with Crippen molar-refractivity contribution in [3.63, 3.8) is 0 Å². The van der Waals surface area contributed by atoms with Crippen LogP contribution in [0.15, 0.2) is 273 Å². The molecule has 0 N–H and O–H groups in total. The minimum absolute atomic E-state index is 0.128. The van der Waals surface area contributed by atoms with Crippen molar-refractivity contribution in [1.29, 1.82) is 0 Å². The van der Waals surface area contributed by atoms with Gasteiger partial charge < -0.3 is 14.0 Å². The van der Waals surface area contributed by atoms with Crippen molar-refractivity contribution in [3.8, 4) is 55.9 Å². The summed E-state index contributed by atoms with van der Waals surface area (Å²) in [5, 5.41) is 7.38. The molecule has 0 amide bonds. The molecule has 14 aromatic rings. The Hall–Kier alpha value is -9.70. The monoisotopic (exact) mass is 969 g/mol. The fourth-order valence-electron chi connectivity index (χ4n) is 12.5. The lowest BCUT2D eigenvalue weighted by molar-refractivity contribution is 0.660. The van der Waals surface area contributed by atoms with Crippen LogP contribution in [0, 0.1) is 0 Å². The van der Waals surface area contributed by atoms with Crippen molar-refractivity contribution in [3.05, 3.63) is 284 Å². The summed E-state index contributed by atoms with van der Waals surface area (Å²) in [6.07, 6.45) is 0. The number of fused-ring (bicyclic) bond motifs is 10. The first-order chi connectivity index (χ1) is 37.4. The lowest BCUT2D eigenvalue weighted by Crippen LogP contribution is -2.16. The Morgan fingerprint density at radius 3 is 1.34 bits per heavy atom. The highest BCUT2D eigenvalue weighted by Crippen LogP contribution is 2.51. The second-order valence-corrected chi connectivity index (χ2v) is 21.0. The van der Waals surface area contributed by atoms with Crippen molar-refractivity contribution >= 4 is 71.4 Å². The fraction of sp³-hybridized carbons (Fsp3) is 0.0411. The fourth-order valence-corrected chi connectivity index (χ4v) is 12.5. The van der Waals surface area contributed by atoms with Crippen molar-refractivity contribution in [2.75, 3.05) is 4.90 Å². The smallest absolute Gasteiger partial charge is 0.0541 e. The molecular formula is C73H51N3. The molecule has 12 aromatic carbocycles. The third-order valence-electron chi connectivity index (χ3n) is 16.2. The van der Waals surface area contributed by atoms with Crippen LogP contribution in [0.4, 0.5) is 17.1 Å². The molecule has 358 valence electrons. The maximum atomic E-state index is 2.43. The number of rotatable bonds is 8. The van der Waals surface area contributed by atoms with E-state index in [1.807, 2.05) is 0 Å². The molecule has 3 nitrogen and oxygen atoms in total. The Balaban J connectivity index is 0.897. The van der Waals surface area contributed by atoms with Crippen LogP contribution >= 0.6 is 0 Å². The van der Waals surface area contributed by atoms with E-state index in [1.165, 1.54) is 98.9 Å². The van der Waals surface area contributed by atoms with Gasteiger partial charge in [-0.25, -0.2) is 0 Å². The first-order valence-electron chi connectivity index (χ1n) is 26.4. The predicted molar refractivity (Wildman–Crippen MR) is 321 cm³/mol. The van der Waals surface area contributed by atoms with Crippen molar-refractivity contribution in [1.82, 2.24) is 9.13 Å². The van der Waals surface area contributed by atoms with E-state index < -0.39 is 0 Å². The SMILES string of the molecule is CC1(C)c2ccccc2-c2ccc(N(c3ccc(-c4cc(-c5ccc6c(c5)c5ccccc5n6-c5ccccc5)cc(-c5ccc6c(c5)c5ccccc5n6-c5ccccc5)c4)cc3)c3ccc4ccccc4c3)cc21. The largest absolute Gasteiger partial charge is 0.310 e. The number of hydrogen-bond acceptors (Lipinski definition) is 1. The highest BCUT2D eigenvalue weighted by atomic mass is 15.1. The molecule has 1 aliphatic rings. The second kappa shape index (κ2) is 17.2. The number of nitrogens with zero attached hydrogens (tertiary/aromatic N) is 3. The molecule has 2 heterocycles. The van der Waals surface area contributed by atoms with Gasteiger partial charge in [-0.05, 0) is 182 Å². The van der Waals surface area contributed by atoms with Gasteiger partial charge in [0, 0.05) is 55.4 Å². The third-order valence-corrected chi connectivity index (χ3v) is 16.2. The second-order valence-electron chi connectivity index (χ2n) is 21.0.